The van der Waals surface area contributed by atoms with E-state index >= 15 is 0 Å². The topological polar surface area (TPSA) is 104 Å². The average Bonchev–Trinajstić information content (AvgIpc) is 3.11. The fourth-order valence-electron chi connectivity index (χ4n) is 2.75. The molecule has 3 N–H and O–H groups in total. The molecule has 2 aromatic heterocycles. The lowest BCUT2D eigenvalue weighted by molar-refractivity contribution is 0.631. The van der Waals surface area contributed by atoms with E-state index in [9.17, 15) is 9.65 Å². The van der Waals surface area contributed by atoms with Crippen LogP contribution in [0.5, 0.6) is 0 Å². The van der Waals surface area contributed by atoms with Crippen LogP contribution in [0.4, 0.5) is 10.2 Å². The number of nitriles is 1. The van der Waals surface area contributed by atoms with Crippen LogP contribution < -0.4 is 5.73 Å². The number of aromatic amines is 1. The van der Waals surface area contributed by atoms with Crippen molar-refractivity contribution in [2.75, 3.05) is 5.73 Å². The van der Waals surface area contributed by atoms with Gasteiger partial charge in [-0.25, -0.2) is 14.4 Å². The molecule has 0 unspecified atom stereocenters. The van der Waals surface area contributed by atoms with E-state index in [4.69, 9.17) is 28.9 Å². The van der Waals surface area contributed by atoms with Gasteiger partial charge in [-0.05, 0) is 30.3 Å². The van der Waals surface area contributed by atoms with Gasteiger partial charge in [0.2, 0.25) is 0 Å². The normalized spacial score (nSPS) is 10.9. The number of nitrogens with zero attached hydrogens (tertiary/aromatic N) is 4. The molecule has 4 aromatic rings. The maximum atomic E-state index is 14.5. The summed E-state index contributed by atoms with van der Waals surface area (Å²) >= 11 is 12.2. The number of rotatable bonds is 2. The number of benzene rings is 2. The molecule has 0 spiro atoms. The van der Waals surface area contributed by atoms with Gasteiger partial charge in [-0.2, -0.15) is 10.4 Å². The minimum Gasteiger partial charge on any atom is -0.381 e. The molecule has 27 heavy (non-hydrogen) atoms. The predicted octanol–water partition coefficient (Wildman–Crippen LogP) is 4.59. The zero-order chi connectivity index (χ0) is 19.1. The van der Waals surface area contributed by atoms with E-state index in [0.29, 0.717) is 16.1 Å². The van der Waals surface area contributed by atoms with Gasteiger partial charge in [0.1, 0.15) is 17.6 Å². The third-order valence-corrected chi connectivity index (χ3v) is 4.52. The Morgan fingerprint density at radius 2 is 1.93 bits per heavy atom. The first-order chi connectivity index (χ1) is 13.0. The van der Waals surface area contributed by atoms with Crippen molar-refractivity contribution in [3.8, 4) is 28.6 Å². The molecule has 0 saturated carbocycles. The summed E-state index contributed by atoms with van der Waals surface area (Å²) in [5.74, 6) is -0.682. The van der Waals surface area contributed by atoms with E-state index in [2.05, 4.69) is 20.2 Å². The van der Waals surface area contributed by atoms with Crippen LogP contribution in [0.15, 0.2) is 36.5 Å². The van der Waals surface area contributed by atoms with Gasteiger partial charge in [-0.15, -0.1) is 0 Å². The van der Waals surface area contributed by atoms with E-state index in [1.54, 1.807) is 18.3 Å². The summed E-state index contributed by atoms with van der Waals surface area (Å²) in [5, 5.41) is 17.4. The Labute approximate surface area is 162 Å². The lowest BCUT2D eigenvalue weighted by Crippen LogP contribution is -2.04. The Morgan fingerprint density at radius 1 is 1.11 bits per heavy atom. The number of anilines is 1. The number of H-pyrrole nitrogens is 1. The molecule has 2 aromatic carbocycles. The minimum atomic E-state index is -0.586. The standard InChI is InChI=1S/C18H9Cl2FN6/c19-10-1-2-11(13(21)5-10)17-16(25-14(6-22)18(23)26-17)8-3-9-7-24-27-15(9)12(20)4-8/h1-5,7H,(H2,23,26)(H,24,27). The Kier molecular flexibility index (Phi) is 4.15. The van der Waals surface area contributed by atoms with Crippen LogP contribution in [0.1, 0.15) is 5.69 Å². The van der Waals surface area contributed by atoms with E-state index in [0.717, 1.165) is 5.39 Å². The zero-order valence-corrected chi connectivity index (χ0v) is 15.0. The van der Waals surface area contributed by atoms with Gasteiger partial charge < -0.3 is 5.73 Å². The maximum Gasteiger partial charge on any atom is 0.183 e. The zero-order valence-electron chi connectivity index (χ0n) is 13.5. The molecule has 0 bridgehead atoms. The number of aromatic nitrogens is 4. The second-order valence-electron chi connectivity index (χ2n) is 5.68. The van der Waals surface area contributed by atoms with Crippen molar-refractivity contribution >= 4 is 39.9 Å². The van der Waals surface area contributed by atoms with Gasteiger partial charge in [-0.3, -0.25) is 5.10 Å². The molecule has 9 heteroatoms. The fourth-order valence-corrected chi connectivity index (χ4v) is 3.18. The van der Waals surface area contributed by atoms with Gasteiger partial charge in [-0.1, -0.05) is 23.2 Å². The summed E-state index contributed by atoms with van der Waals surface area (Å²) in [6, 6.07) is 9.48. The van der Waals surface area contributed by atoms with E-state index in [-0.39, 0.29) is 33.5 Å². The summed E-state index contributed by atoms with van der Waals surface area (Å²) < 4.78 is 14.5. The van der Waals surface area contributed by atoms with Crippen LogP contribution in [0.2, 0.25) is 10.0 Å². The summed E-state index contributed by atoms with van der Waals surface area (Å²) in [4.78, 5) is 8.52. The molecule has 0 radical (unpaired) electrons. The number of hydrogen-bond donors (Lipinski definition) is 2. The van der Waals surface area contributed by atoms with Crippen LogP contribution in [0.3, 0.4) is 0 Å². The molecule has 132 valence electrons. The lowest BCUT2D eigenvalue weighted by atomic mass is 10.0. The molecule has 6 nitrogen and oxygen atoms in total. The molecule has 0 saturated heterocycles. The van der Waals surface area contributed by atoms with E-state index in [1.807, 2.05) is 6.07 Å². The summed E-state index contributed by atoms with van der Waals surface area (Å²) in [7, 11) is 0. The number of hydrogen-bond acceptors (Lipinski definition) is 5. The average molecular weight is 399 g/mol. The van der Waals surface area contributed by atoms with Crippen molar-refractivity contribution in [2.45, 2.75) is 0 Å². The number of nitrogens with one attached hydrogen (secondary N) is 1. The van der Waals surface area contributed by atoms with Crippen molar-refractivity contribution in [1.29, 1.82) is 5.26 Å². The highest BCUT2D eigenvalue weighted by atomic mass is 35.5. The van der Waals surface area contributed by atoms with E-state index < -0.39 is 5.82 Å². The molecule has 2 heterocycles. The van der Waals surface area contributed by atoms with Crippen LogP contribution in [0, 0.1) is 17.1 Å². The van der Waals surface area contributed by atoms with Crippen molar-refractivity contribution in [1.82, 2.24) is 20.2 Å². The fraction of sp³-hybridized carbons (Fsp3) is 0. The third kappa shape index (κ3) is 2.95. The molecular formula is C18H9Cl2FN6. The van der Waals surface area contributed by atoms with Crippen LogP contribution in [-0.2, 0) is 0 Å². The monoisotopic (exact) mass is 398 g/mol. The molecular weight excluding hydrogens is 390 g/mol. The maximum absolute atomic E-state index is 14.5. The molecule has 0 aliphatic rings. The quantitative estimate of drug-likeness (QED) is 0.513. The van der Waals surface area contributed by atoms with Gasteiger partial charge in [0.15, 0.2) is 11.5 Å². The molecule has 4 rings (SSSR count). The van der Waals surface area contributed by atoms with E-state index in [1.165, 1.54) is 18.2 Å². The predicted molar refractivity (Wildman–Crippen MR) is 102 cm³/mol. The van der Waals surface area contributed by atoms with Crippen molar-refractivity contribution in [3.63, 3.8) is 0 Å². The SMILES string of the molecule is N#Cc1nc(-c2cc(Cl)c3[nH]ncc3c2)c(-c2ccc(Cl)cc2F)nc1N. The number of halogens is 3. The van der Waals surface area contributed by atoms with Gasteiger partial charge in [0.05, 0.1) is 22.4 Å². The first-order valence-electron chi connectivity index (χ1n) is 7.64. The smallest absolute Gasteiger partial charge is 0.183 e. The van der Waals surface area contributed by atoms with Crippen molar-refractivity contribution < 1.29 is 4.39 Å². The minimum absolute atomic E-state index is 0.0634. The highest BCUT2D eigenvalue weighted by molar-refractivity contribution is 6.35. The molecule has 0 aliphatic carbocycles. The Morgan fingerprint density at radius 3 is 2.67 bits per heavy atom. The van der Waals surface area contributed by atoms with Gasteiger partial charge >= 0.3 is 0 Å². The highest BCUT2D eigenvalue weighted by Gasteiger charge is 2.19. The Balaban J connectivity index is 2.04. The van der Waals surface area contributed by atoms with Crippen LogP contribution in [0.25, 0.3) is 33.4 Å². The Hall–Kier alpha value is -3.21. The lowest BCUT2D eigenvalue weighted by Gasteiger charge is -2.12. The third-order valence-electron chi connectivity index (χ3n) is 3.99. The van der Waals surface area contributed by atoms with Crippen molar-refractivity contribution in [2.24, 2.45) is 0 Å². The summed E-state index contributed by atoms with van der Waals surface area (Å²) in [6.07, 6.45) is 1.60. The van der Waals surface area contributed by atoms with Crippen LogP contribution in [-0.4, -0.2) is 20.2 Å². The van der Waals surface area contributed by atoms with Crippen LogP contribution >= 0.6 is 23.2 Å². The van der Waals surface area contributed by atoms with Gasteiger partial charge in [0, 0.05) is 21.5 Å². The molecule has 0 atom stereocenters. The largest absolute Gasteiger partial charge is 0.381 e. The highest BCUT2D eigenvalue weighted by Crippen LogP contribution is 2.36. The summed E-state index contributed by atoms with van der Waals surface area (Å²) in [5.41, 5.74) is 7.56. The second-order valence-corrected chi connectivity index (χ2v) is 6.53. The molecule has 0 fully saturated rings. The van der Waals surface area contributed by atoms with Crippen molar-refractivity contribution in [3.05, 3.63) is 58.1 Å². The first-order valence-corrected chi connectivity index (χ1v) is 8.39. The summed E-state index contributed by atoms with van der Waals surface area (Å²) in [6.45, 7) is 0. The second kappa shape index (κ2) is 6.50. The first kappa shape index (κ1) is 17.2. The molecule has 0 aliphatic heterocycles. The Bertz CT molecular complexity index is 1240. The number of fused-ring (bicyclic) bond motifs is 1. The number of nitrogen functional groups attached to an aromatic ring is 1. The van der Waals surface area contributed by atoms with Gasteiger partial charge in [0.25, 0.3) is 0 Å². The number of nitrogens with two attached hydrogens (primary N) is 1. The molecule has 0 amide bonds.